The monoisotopic (exact) mass is 296 g/mol. The van der Waals surface area contributed by atoms with E-state index in [-0.39, 0.29) is 24.4 Å². The normalized spacial score (nSPS) is 18.6. The molecule has 1 unspecified atom stereocenters. The first-order valence-corrected chi connectivity index (χ1v) is 6.70. The number of hydrogen-bond acceptors (Lipinski definition) is 6. The molecule has 0 saturated carbocycles. The number of carbonyl (C=O) groups excluding carboxylic acids is 2. The van der Waals surface area contributed by atoms with Crippen molar-refractivity contribution in [3.05, 3.63) is 11.4 Å². The van der Waals surface area contributed by atoms with Crippen LogP contribution in [0.2, 0.25) is 0 Å². The number of amides is 1. The number of aryl methyl sites for hydroxylation is 2. The van der Waals surface area contributed by atoms with Crippen LogP contribution in [-0.2, 0) is 21.3 Å². The maximum absolute atomic E-state index is 12.6. The van der Waals surface area contributed by atoms with Crippen molar-refractivity contribution in [3.63, 3.8) is 0 Å². The summed E-state index contributed by atoms with van der Waals surface area (Å²) < 4.78 is 11.6. The molecule has 21 heavy (non-hydrogen) atoms. The Balaban J connectivity index is 2.10. The molecule has 116 valence electrons. The molecule has 1 aromatic heterocycles. The number of ether oxygens (including phenoxy) is 2. The van der Waals surface area contributed by atoms with Crippen molar-refractivity contribution in [1.82, 2.24) is 14.7 Å². The molecule has 1 atom stereocenters. The second kappa shape index (κ2) is 6.13. The van der Waals surface area contributed by atoms with E-state index in [4.69, 9.17) is 10.5 Å². The number of nitrogens with zero attached hydrogens (tertiary/aromatic N) is 3. The number of morpholine rings is 1. The highest BCUT2D eigenvalue weighted by Crippen LogP contribution is 2.19. The van der Waals surface area contributed by atoms with E-state index in [2.05, 4.69) is 9.84 Å². The van der Waals surface area contributed by atoms with Crippen LogP contribution < -0.4 is 5.73 Å². The van der Waals surface area contributed by atoms with E-state index in [1.165, 1.54) is 11.8 Å². The number of nitrogens with two attached hydrogens (primary N) is 1. The molecule has 2 heterocycles. The zero-order valence-corrected chi connectivity index (χ0v) is 12.5. The van der Waals surface area contributed by atoms with E-state index in [1.807, 2.05) is 0 Å². The van der Waals surface area contributed by atoms with Gasteiger partial charge in [0.2, 0.25) is 0 Å². The van der Waals surface area contributed by atoms with Crippen molar-refractivity contribution in [2.75, 3.05) is 32.5 Å². The zero-order valence-electron chi connectivity index (χ0n) is 12.5. The van der Waals surface area contributed by atoms with Gasteiger partial charge in [0.15, 0.2) is 0 Å². The fourth-order valence-electron chi connectivity index (χ4n) is 2.37. The van der Waals surface area contributed by atoms with Gasteiger partial charge in [-0.2, -0.15) is 5.10 Å². The lowest BCUT2D eigenvalue weighted by molar-refractivity contribution is -0.145. The SMILES string of the molecule is COC(=O)CC1CN(C(=O)c2c(N)c(C)nn2C)CCO1. The summed E-state index contributed by atoms with van der Waals surface area (Å²) in [5.41, 5.74) is 7.29. The number of nitrogen functional groups attached to an aromatic ring is 1. The largest absolute Gasteiger partial charge is 0.469 e. The molecule has 2 rings (SSSR count). The van der Waals surface area contributed by atoms with Crippen molar-refractivity contribution < 1.29 is 19.1 Å². The van der Waals surface area contributed by atoms with Crippen molar-refractivity contribution in [3.8, 4) is 0 Å². The van der Waals surface area contributed by atoms with Gasteiger partial charge in [0.05, 0.1) is 37.6 Å². The Morgan fingerprint density at radius 2 is 2.24 bits per heavy atom. The third-order valence-electron chi connectivity index (χ3n) is 3.52. The van der Waals surface area contributed by atoms with Gasteiger partial charge in [-0.1, -0.05) is 0 Å². The molecule has 0 bridgehead atoms. The Bertz CT molecular complexity index is 555. The number of carbonyl (C=O) groups is 2. The lowest BCUT2D eigenvalue weighted by Crippen LogP contribution is -2.47. The van der Waals surface area contributed by atoms with E-state index in [0.29, 0.717) is 36.8 Å². The Kier molecular flexibility index (Phi) is 4.46. The summed E-state index contributed by atoms with van der Waals surface area (Å²) >= 11 is 0. The van der Waals surface area contributed by atoms with Crippen LogP contribution in [-0.4, -0.2) is 59.5 Å². The summed E-state index contributed by atoms with van der Waals surface area (Å²) in [5.74, 6) is -0.557. The standard InChI is InChI=1S/C13H20N4O4/c1-8-11(14)12(16(2)15-8)13(19)17-4-5-21-9(7-17)6-10(18)20-3/h9H,4-7,14H2,1-3H3. The Hall–Kier alpha value is -2.09. The summed E-state index contributed by atoms with van der Waals surface area (Å²) in [7, 11) is 3.01. The minimum Gasteiger partial charge on any atom is -0.469 e. The van der Waals surface area contributed by atoms with Crippen molar-refractivity contribution in [2.45, 2.75) is 19.4 Å². The summed E-state index contributed by atoms with van der Waals surface area (Å²) in [6, 6.07) is 0. The molecule has 1 fully saturated rings. The highest BCUT2D eigenvalue weighted by atomic mass is 16.5. The van der Waals surface area contributed by atoms with Gasteiger partial charge in [-0.3, -0.25) is 14.3 Å². The number of rotatable bonds is 3. The van der Waals surface area contributed by atoms with Crippen molar-refractivity contribution in [2.24, 2.45) is 7.05 Å². The fourth-order valence-corrected chi connectivity index (χ4v) is 2.37. The van der Waals surface area contributed by atoms with E-state index in [9.17, 15) is 9.59 Å². The lowest BCUT2D eigenvalue weighted by Gasteiger charge is -2.32. The lowest BCUT2D eigenvalue weighted by atomic mass is 10.2. The van der Waals surface area contributed by atoms with Gasteiger partial charge in [-0.25, -0.2) is 0 Å². The maximum atomic E-state index is 12.6. The van der Waals surface area contributed by atoms with Gasteiger partial charge in [-0.05, 0) is 6.92 Å². The molecule has 1 amide bonds. The Morgan fingerprint density at radius 3 is 2.81 bits per heavy atom. The van der Waals surface area contributed by atoms with Crippen LogP contribution in [0.25, 0.3) is 0 Å². The Labute approximate surface area is 122 Å². The number of esters is 1. The van der Waals surface area contributed by atoms with Crippen LogP contribution in [0.15, 0.2) is 0 Å². The topological polar surface area (TPSA) is 99.7 Å². The predicted molar refractivity (Wildman–Crippen MR) is 74.6 cm³/mol. The molecule has 2 N–H and O–H groups in total. The molecular formula is C13H20N4O4. The van der Waals surface area contributed by atoms with Crippen molar-refractivity contribution >= 4 is 17.6 Å². The van der Waals surface area contributed by atoms with Crippen LogP contribution in [0.5, 0.6) is 0 Å². The molecule has 1 saturated heterocycles. The number of anilines is 1. The van der Waals surface area contributed by atoms with Crippen LogP contribution in [0.3, 0.4) is 0 Å². The first-order chi connectivity index (χ1) is 9.93. The molecule has 8 nitrogen and oxygen atoms in total. The average molecular weight is 296 g/mol. The molecule has 1 aliphatic rings. The van der Waals surface area contributed by atoms with E-state index in [1.54, 1.807) is 18.9 Å². The first-order valence-electron chi connectivity index (χ1n) is 6.70. The van der Waals surface area contributed by atoms with E-state index < -0.39 is 0 Å². The smallest absolute Gasteiger partial charge is 0.308 e. The van der Waals surface area contributed by atoms with Crippen LogP contribution in [0.1, 0.15) is 22.6 Å². The van der Waals surface area contributed by atoms with Gasteiger partial charge < -0.3 is 20.1 Å². The van der Waals surface area contributed by atoms with Gasteiger partial charge in [0.1, 0.15) is 5.69 Å². The molecule has 0 aromatic carbocycles. The first kappa shape index (κ1) is 15.3. The number of hydrogen-bond donors (Lipinski definition) is 1. The molecule has 0 aliphatic carbocycles. The van der Waals surface area contributed by atoms with Gasteiger partial charge in [0, 0.05) is 20.1 Å². The summed E-state index contributed by atoms with van der Waals surface area (Å²) in [6.45, 7) is 2.92. The van der Waals surface area contributed by atoms with E-state index >= 15 is 0 Å². The van der Waals surface area contributed by atoms with E-state index in [0.717, 1.165) is 0 Å². The van der Waals surface area contributed by atoms with Gasteiger partial charge in [0.25, 0.3) is 5.91 Å². The van der Waals surface area contributed by atoms with Crippen molar-refractivity contribution in [1.29, 1.82) is 0 Å². The third kappa shape index (κ3) is 3.15. The quantitative estimate of drug-likeness (QED) is 0.770. The van der Waals surface area contributed by atoms with Gasteiger partial charge >= 0.3 is 5.97 Å². The summed E-state index contributed by atoms with van der Waals surface area (Å²) in [5, 5.41) is 4.15. The fraction of sp³-hybridized carbons (Fsp3) is 0.615. The highest BCUT2D eigenvalue weighted by molar-refractivity contribution is 5.98. The second-order valence-corrected chi connectivity index (χ2v) is 5.00. The summed E-state index contributed by atoms with van der Waals surface area (Å²) in [4.78, 5) is 25.5. The molecule has 1 aliphatic heterocycles. The van der Waals surface area contributed by atoms with Crippen LogP contribution in [0, 0.1) is 6.92 Å². The highest BCUT2D eigenvalue weighted by Gasteiger charge is 2.30. The molecule has 1 aromatic rings. The zero-order chi connectivity index (χ0) is 15.6. The molecule has 0 radical (unpaired) electrons. The summed E-state index contributed by atoms with van der Waals surface area (Å²) in [6.07, 6.45) is -0.231. The minimum atomic E-state index is -0.356. The average Bonchev–Trinajstić information content (AvgIpc) is 2.71. The number of aromatic nitrogens is 2. The minimum absolute atomic E-state index is 0.125. The second-order valence-electron chi connectivity index (χ2n) is 5.00. The molecule has 0 spiro atoms. The maximum Gasteiger partial charge on any atom is 0.308 e. The van der Waals surface area contributed by atoms with Crippen LogP contribution >= 0.6 is 0 Å². The van der Waals surface area contributed by atoms with Gasteiger partial charge in [-0.15, -0.1) is 0 Å². The molecular weight excluding hydrogens is 276 g/mol. The Morgan fingerprint density at radius 1 is 1.52 bits per heavy atom. The third-order valence-corrected chi connectivity index (χ3v) is 3.52. The predicted octanol–water partition coefficient (Wildman–Crippen LogP) is -0.285. The number of methoxy groups -OCH3 is 1. The van der Waals surface area contributed by atoms with Crippen LogP contribution in [0.4, 0.5) is 5.69 Å². The molecule has 8 heteroatoms.